The lowest BCUT2D eigenvalue weighted by atomic mass is 9.81. The number of imide groups is 1. The lowest BCUT2D eigenvalue weighted by molar-refractivity contribution is -0.384. The Balaban J connectivity index is 1.62. The first-order chi connectivity index (χ1) is 15.2. The van der Waals surface area contributed by atoms with E-state index >= 15 is 0 Å². The molecular formula is C22H17N3O7. The van der Waals surface area contributed by atoms with Gasteiger partial charge >= 0.3 is 5.97 Å². The second kappa shape index (κ2) is 6.72. The largest absolute Gasteiger partial charge is 0.480 e. The van der Waals surface area contributed by atoms with Crippen molar-refractivity contribution in [2.75, 3.05) is 4.90 Å². The molecule has 162 valence electrons. The summed E-state index contributed by atoms with van der Waals surface area (Å²) in [6.07, 6.45) is 0. The van der Waals surface area contributed by atoms with Crippen LogP contribution in [0.1, 0.15) is 18.7 Å². The number of non-ortho nitro benzene ring substituents is 1. The van der Waals surface area contributed by atoms with Gasteiger partial charge in [0, 0.05) is 17.5 Å². The molecule has 4 atom stereocenters. The number of amides is 2. The van der Waals surface area contributed by atoms with Crippen LogP contribution in [-0.2, 0) is 14.4 Å². The molecule has 0 bridgehead atoms. The van der Waals surface area contributed by atoms with Gasteiger partial charge in [-0.2, -0.15) is 0 Å². The zero-order valence-corrected chi connectivity index (χ0v) is 16.7. The van der Waals surface area contributed by atoms with Crippen LogP contribution in [0, 0.1) is 22.0 Å². The predicted molar refractivity (Wildman–Crippen MR) is 111 cm³/mol. The van der Waals surface area contributed by atoms with E-state index in [1.807, 2.05) is 12.1 Å². The van der Waals surface area contributed by atoms with E-state index in [2.05, 4.69) is 5.32 Å². The standard InChI is InChI=1S/C22H17N3O7/c1-22(21(28)29)17-16(18(23-22)15-9-11-5-2-3-8-14(11)32-15)19(26)24(20(17)27)12-6-4-7-13(10-12)25(30)31/h2-10,16-18,23H,1H3,(H,28,29). The Morgan fingerprint density at radius 1 is 1.16 bits per heavy atom. The van der Waals surface area contributed by atoms with Gasteiger partial charge in [0.25, 0.3) is 5.69 Å². The molecule has 3 aromatic rings. The van der Waals surface area contributed by atoms with Crippen LogP contribution in [0.2, 0.25) is 0 Å². The second-order valence-electron chi connectivity index (χ2n) is 8.11. The highest BCUT2D eigenvalue weighted by atomic mass is 16.6. The number of nitrogens with one attached hydrogen (secondary N) is 1. The van der Waals surface area contributed by atoms with Crippen molar-refractivity contribution in [1.82, 2.24) is 5.32 Å². The number of nitrogens with zero attached hydrogens (tertiary/aromatic N) is 2. The van der Waals surface area contributed by atoms with Crippen LogP contribution in [0.4, 0.5) is 11.4 Å². The Bertz CT molecular complexity index is 1280. The van der Waals surface area contributed by atoms with Crippen molar-refractivity contribution in [3.63, 3.8) is 0 Å². The molecule has 2 aromatic carbocycles. The first-order valence-electron chi connectivity index (χ1n) is 9.84. The molecule has 2 aliphatic rings. The minimum Gasteiger partial charge on any atom is -0.480 e. The molecule has 5 rings (SSSR count). The van der Waals surface area contributed by atoms with E-state index in [1.165, 1.54) is 25.1 Å². The SMILES string of the molecule is CC1(C(=O)O)NC(c2cc3ccccc3o2)C2C(=O)N(c3cccc([N+](=O)[O-])c3)C(=O)C21. The molecule has 0 aliphatic carbocycles. The van der Waals surface area contributed by atoms with Gasteiger partial charge in [0.15, 0.2) is 0 Å². The van der Waals surface area contributed by atoms with Crippen molar-refractivity contribution < 1.29 is 28.8 Å². The number of hydrogen-bond acceptors (Lipinski definition) is 7. The number of aliphatic carboxylic acids is 1. The number of hydrogen-bond donors (Lipinski definition) is 2. The number of nitro benzene ring substituents is 1. The normalized spacial score (nSPS) is 27.2. The molecule has 2 saturated heterocycles. The Kier molecular flexibility index (Phi) is 4.18. The zero-order valence-electron chi connectivity index (χ0n) is 16.7. The highest BCUT2D eigenvalue weighted by Gasteiger charge is 2.67. The molecule has 0 saturated carbocycles. The summed E-state index contributed by atoms with van der Waals surface area (Å²) in [5, 5.41) is 24.8. The topological polar surface area (TPSA) is 143 Å². The van der Waals surface area contributed by atoms with Crippen LogP contribution in [0.5, 0.6) is 0 Å². The van der Waals surface area contributed by atoms with Crippen molar-refractivity contribution >= 4 is 40.1 Å². The summed E-state index contributed by atoms with van der Waals surface area (Å²) < 4.78 is 5.88. The first-order valence-corrected chi connectivity index (χ1v) is 9.84. The van der Waals surface area contributed by atoms with Crippen LogP contribution in [0.3, 0.4) is 0 Å². The van der Waals surface area contributed by atoms with Gasteiger partial charge in [0.2, 0.25) is 11.8 Å². The van der Waals surface area contributed by atoms with Gasteiger partial charge in [-0.1, -0.05) is 24.3 Å². The summed E-state index contributed by atoms with van der Waals surface area (Å²) >= 11 is 0. The van der Waals surface area contributed by atoms with E-state index in [0.29, 0.717) is 11.3 Å². The average molecular weight is 435 g/mol. The summed E-state index contributed by atoms with van der Waals surface area (Å²) in [4.78, 5) is 50.4. The smallest absolute Gasteiger partial charge is 0.324 e. The molecule has 10 nitrogen and oxygen atoms in total. The molecule has 3 heterocycles. The highest BCUT2D eigenvalue weighted by Crippen LogP contribution is 2.50. The van der Waals surface area contributed by atoms with E-state index in [9.17, 15) is 29.6 Å². The fourth-order valence-corrected chi connectivity index (χ4v) is 4.74. The van der Waals surface area contributed by atoms with Gasteiger partial charge in [-0.3, -0.25) is 29.8 Å². The van der Waals surface area contributed by atoms with E-state index in [4.69, 9.17) is 4.42 Å². The Labute approximate surface area is 180 Å². The summed E-state index contributed by atoms with van der Waals surface area (Å²) in [5.74, 6) is -4.57. The number of benzene rings is 2. The van der Waals surface area contributed by atoms with Gasteiger partial charge in [-0.05, 0) is 25.1 Å². The van der Waals surface area contributed by atoms with Crippen LogP contribution >= 0.6 is 0 Å². The lowest BCUT2D eigenvalue weighted by Crippen LogP contribution is -2.53. The quantitative estimate of drug-likeness (QED) is 0.362. The van der Waals surface area contributed by atoms with Crippen LogP contribution < -0.4 is 10.2 Å². The van der Waals surface area contributed by atoms with Gasteiger partial charge in [-0.15, -0.1) is 0 Å². The molecule has 0 spiro atoms. The number of carboxylic acids is 1. The lowest BCUT2D eigenvalue weighted by Gasteiger charge is -2.26. The maximum Gasteiger partial charge on any atom is 0.324 e. The van der Waals surface area contributed by atoms with E-state index in [-0.39, 0.29) is 11.4 Å². The molecule has 0 radical (unpaired) electrons. The fourth-order valence-electron chi connectivity index (χ4n) is 4.74. The van der Waals surface area contributed by atoms with Crippen LogP contribution in [0.25, 0.3) is 11.0 Å². The molecule has 2 N–H and O–H groups in total. The monoisotopic (exact) mass is 435 g/mol. The Morgan fingerprint density at radius 3 is 2.59 bits per heavy atom. The maximum atomic E-state index is 13.4. The minimum atomic E-state index is -1.74. The number of carbonyl (C=O) groups is 3. The van der Waals surface area contributed by atoms with Crippen molar-refractivity contribution in [1.29, 1.82) is 0 Å². The van der Waals surface area contributed by atoms with Crippen molar-refractivity contribution in [3.05, 3.63) is 70.5 Å². The summed E-state index contributed by atoms with van der Waals surface area (Å²) in [7, 11) is 0. The molecule has 2 fully saturated rings. The number of fused-ring (bicyclic) bond motifs is 2. The molecule has 4 unspecified atom stereocenters. The number of nitro groups is 1. The Morgan fingerprint density at radius 2 is 1.91 bits per heavy atom. The number of para-hydroxylation sites is 1. The van der Waals surface area contributed by atoms with Crippen molar-refractivity contribution in [2.45, 2.75) is 18.5 Å². The third kappa shape index (κ3) is 2.66. The van der Waals surface area contributed by atoms with Gasteiger partial charge in [-0.25, -0.2) is 4.90 Å². The second-order valence-corrected chi connectivity index (χ2v) is 8.11. The fraction of sp³-hybridized carbons (Fsp3) is 0.227. The van der Waals surface area contributed by atoms with Crippen molar-refractivity contribution in [3.8, 4) is 0 Å². The summed E-state index contributed by atoms with van der Waals surface area (Å²) in [5.41, 5.74) is -1.43. The highest BCUT2D eigenvalue weighted by molar-refractivity contribution is 6.24. The predicted octanol–water partition coefficient (Wildman–Crippen LogP) is 2.63. The minimum absolute atomic E-state index is 0.0275. The molecule has 1 aromatic heterocycles. The Hall–Kier alpha value is -4.05. The van der Waals surface area contributed by atoms with Gasteiger partial charge in [0.05, 0.1) is 28.5 Å². The number of anilines is 1. The first kappa shape index (κ1) is 19.9. The molecule has 2 aliphatic heterocycles. The molecule has 2 amide bonds. The number of rotatable bonds is 4. The summed E-state index contributed by atoms with van der Waals surface area (Å²) in [6, 6.07) is 13.2. The van der Waals surface area contributed by atoms with Crippen LogP contribution in [0.15, 0.2) is 59.0 Å². The zero-order chi connectivity index (χ0) is 22.8. The maximum absolute atomic E-state index is 13.4. The van der Waals surface area contributed by atoms with Gasteiger partial charge < -0.3 is 9.52 Å². The van der Waals surface area contributed by atoms with E-state index in [1.54, 1.807) is 18.2 Å². The number of furan rings is 1. The summed E-state index contributed by atoms with van der Waals surface area (Å²) in [6.45, 7) is 1.36. The van der Waals surface area contributed by atoms with Gasteiger partial charge in [0.1, 0.15) is 16.9 Å². The van der Waals surface area contributed by atoms with Crippen molar-refractivity contribution in [2.24, 2.45) is 11.8 Å². The average Bonchev–Trinajstić information content (AvgIpc) is 3.40. The number of carboxylic acid groups (broad SMARTS) is 1. The third-order valence-electron chi connectivity index (χ3n) is 6.28. The number of carbonyl (C=O) groups excluding carboxylic acids is 2. The van der Waals surface area contributed by atoms with E-state index < -0.39 is 46.1 Å². The third-order valence-corrected chi connectivity index (χ3v) is 6.28. The molecule has 10 heteroatoms. The van der Waals surface area contributed by atoms with E-state index in [0.717, 1.165) is 16.4 Å². The molecule has 32 heavy (non-hydrogen) atoms. The molecular weight excluding hydrogens is 418 g/mol. The van der Waals surface area contributed by atoms with Crippen LogP contribution in [-0.4, -0.2) is 33.4 Å².